The van der Waals surface area contributed by atoms with E-state index in [0.717, 1.165) is 25.0 Å². The lowest BCUT2D eigenvalue weighted by Crippen LogP contribution is -2.45. The summed E-state index contributed by atoms with van der Waals surface area (Å²) in [5.74, 6) is 1.43. The van der Waals surface area contributed by atoms with Crippen LogP contribution in [0.3, 0.4) is 0 Å². The molecule has 0 bridgehead atoms. The first-order chi connectivity index (χ1) is 9.61. The lowest BCUT2D eigenvalue weighted by molar-refractivity contribution is -0.0511. The lowest BCUT2D eigenvalue weighted by atomic mass is 9.75. The zero-order valence-corrected chi connectivity index (χ0v) is 12.6. The first kappa shape index (κ1) is 15.0. The van der Waals surface area contributed by atoms with E-state index in [2.05, 4.69) is 6.92 Å². The molecule has 1 aromatic rings. The number of methoxy groups -OCH3 is 1. The topological polar surface area (TPSA) is 35.5 Å². The van der Waals surface area contributed by atoms with Crippen LogP contribution in [0.25, 0.3) is 0 Å². The largest absolute Gasteiger partial charge is 0.497 e. The molecule has 0 saturated heterocycles. The van der Waals surface area contributed by atoms with Gasteiger partial charge < -0.3 is 9.47 Å². The first-order valence-electron chi connectivity index (χ1n) is 7.44. The fourth-order valence-corrected chi connectivity index (χ4v) is 3.19. The van der Waals surface area contributed by atoms with E-state index in [1.165, 1.54) is 6.42 Å². The zero-order valence-electron chi connectivity index (χ0n) is 12.6. The number of benzene rings is 1. The van der Waals surface area contributed by atoms with Crippen LogP contribution in [0.2, 0.25) is 0 Å². The molecule has 0 amide bonds. The highest BCUT2D eigenvalue weighted by Gasteiger charge is 2.42. The molecule has 0 radical (unpaired) electrons. The standard InChI is InChI=1S/C17H24O3/c1-4-20-17(11-5-6-13(2)12-17)16(18)14-7-9-15(19-3)10-8-14/h7-10,13H,4-6,11-12H2,1-3H3. The third kappa shape index (κ3) is 3.04. The normalized spacial score (nSPS) is 26.2. The van der Waals surface area contributed by atoms with E-state index in [9.17, 15) is 4.79 Å². The molecule has 20 heavy (non-hydrogen) atoms. The minimum atomic E-state index is -0.624. The Balaban J connectivity index is 2.25. The van der Waals surface area contributed by atoms with E-state index >= 15 is 0 Å². The van der Waals surface area contributed by atoms with Crippen LogP contribution in [-0.2, 0) is 4.74 Å². The van der Waals surface area contributed by atoms with Gasteiger partial charge >= 0.3 is 0 Å². The van der Waals surface area contributed by atoms with Gasteiger partial charge in [-0.25, -0.2) is 0 Å². The van der Waals surface area contributed by atoms with Crippen LogP contribution in [0.15, 0.2) is 24.3 Å². The molecule has 3 nitrogen and oxygen atoms in total. The van der Waals surface area contributed by atoms with Crippen molar-refractivity contribution >= 4 is 5.78 Å². The van der Waals surface area contributed by atoms with E-state index < -0.39 is 5.60 Å². The average molecular weight is 276 g/mol. The molecular weight excluding hydrogens is 252 g/mol. The van der Waals surface area contributed by atoms with Gasteiger partial charge in [0.15, 0.2) is 5.78 Å². The highest BCUT2D eigenvalue weighted by atomic mass is 16.5. The Kier molecular flexibility index (Phi) is 4.81. The van der Waals surface area contributed by atoms with Crippen molar-refractivity contribution in [1.82, 2.24) is 0 Å². The van der Waals surface area contributed by atoms with Crippen LogP contribution < -0.4 is 4.74 Å². The summed E-state index contributed by atoms with van der Waals surface area (Å²) in [6, 6.07) is 7.33. The smallest absolute Gasteiger partial charge is 0.194 e. The second-order valence-corrected chi connectivity index (χ2v) is 5.69. The molecule has 2 unspecified atom stereocenters. The van der Waals surface area contributed by atoms with Crippen molar-refractivity contribution in [2.24, 2.45) is 5.92 Å². The van der Waals surface area contributed by atoms with E-state index in [0.29, 0.717) is 18.1 Å². The summed E-state index contributed by atoms with van der Waals surface area (Å²) in [6.07, 6.45) is 3.90. The number of Topliss-reactive ketones (excluding diaryl/α,β-unsaturated/α-hetero) is 1. The molecule has 0 heterocycles. The Morgan fingerprint density at radius 3 is 2.60 bits per heavy atom. The van der Waals surface area contributed by atoms with Gasteiger partial charge in [0.1, 0.15) is 11.4 Å². The molecule has 2 atom stereocenters. The van der Waals surface area contributed by atoms with Crippen LogP contribution in [0.5, 0.6) is 5.75 Å². The molecule has 1 aliphatic carbocycles. The average Bonchev–Trinajstić information content (AvgIpc) is 2.47. The fourth-order valence-electron chi connectivity index (χ4n) is 3.19. The number of hydrogen-bond acceptors (Lipinski definition) is 3. The predicted molar refractivity (Wildman–Crippen MR) is 79.3 cm³/mol. The molecule has 2 rings (SSSR count). The van der Waals surface area contributed by atoms with E-state index in [4.69, 9.17) is 9.47 Å². The molecule has 110 valence electrons. The van der Waals surface area contributed by atoms with Gasteiger partial charge in [0.25, 0.3) is 0 Å². The number of ketones is 1. The third-order valence-electron chi connectivity index (χ3n) is 4.14. The monoisotopic (exact) mass is 276 g/mol. The number of hydrogen-bond donors (Lipinski definition) is 0. The third-order valence-corrected chi connectivity index (χ3v) is 4.14. The van der Waals surface area contributed by atoms with Crippen LogP contribution >= 0.6 is 0 Å². The lowest BCUT2D eigenvalue weighted by Gasteiger charge is -2.38. The Bertz CT molecular complexity index is 448. The molecule has 0 aliphatic heterocycles. The predicted octanol–water partition coefficient (Wildman–Crippen LogP) is 3.86. The van der Waals surface area contributed by atoms with E-state index in [-0.39, 0.29) is 5.78 Å². The van der Waals surface area contributed by atoms with Crippen LogP contribution in [0.4, 0.5) is 0 Å². The molecule has 1 fully saturated rings. The summed E-state index contributed by atoms with van der Waals surface area (Å²) in [5.41, 5.74) is 0.0921. The Morgan fingerprint density at radius 1 is 1.35 bits per heavy atom. The molecular formula is C17H24O3. The van der Waals surface area contributed by atoms with Crippen molar-refractivity contribution in [2.45, 2.75) is 45.1 Å². The Hall–Kier alpha value is -1.35. The van der Waals surface area contributed by atoms with Crippen molar-refractivity contribution in [3.63, 3.8) is 0 Å². The maximum absolute atomic E-state index is 12.9. The number of ether oxygens (including phenoxy) is 2. The van der Waals surface area contributed by atoms with Gasteiger partial charge in [-0.15, -0.1) is 0 Å². The summed E-state index contributed by atoms with van der Waals surface area (Å²) in [4.78, 5) is 12.9. The minimum Gasteiger partial charge on any atom is -0.497 e. The second kappa shape index (κ2) is 6.40. The first-order valence-corrected chi connectivity index (χ1v) is 7.44. The van der Waals surface area contributed by atoms with Crippen molar-refractivity contribution in [2.75, 3.05) is 13.7 Å². The van der Waals surface area contributed by atoms with Gasteiger partial charge in [-0.05, 0) is 56.4 Å². The Labute approximate surface area is 121 Å². The molecule has 1 saturated carbocycles. The van der Waals surface area contributed by atoms with Gasteiger partial charge in [-0.1, -0.05) is 13.3 Å². The maximum Gasteiger partial charge on any atom is 0.194 e. The summed E-state index contributed by atoms with van der Waals surface area (Å²) in [5, 5.41) is 0. The van der Waals surface area contributed by atoms with E-state index in [1.807, 2.05) is 31.2 Å². The maximum atomic E-state index is 12.9. The molecule has 0 aromatic heterocycles. The highest BCUT2D eigenvalue weighted by molar-refractivity contribution is 6.02. The van der Waals surface area contributed by atoms with Crippen molar-refractivity contribution in [1.29, 1.82) is 0 Å². The summed E-state index contributed by atoms with van der Waals surface area (Å²) < 4.78 is 11.1. The Morgan fingerprint density at radius 2 is 2.05 bits per heavy atom. The van der Waals surface area contributed by atoms with Gasteiger partial charge in [0, 0.05) is 12.2 Å². The van der Waals surface area contributed by atoms with Gasteiger partial charge in [0.2, 0.25) is 0 Å². The summed E-state index contributed by atoms with van der Waals surface area (Å²) in [7, 11) is 1.63. The number of rotatable bonds is 5. The highest BCUT2D eigenvalue weighted by Crippen LogP contribution is 2.37. The van der Waals surface area contributed by atoms with Crippen molar-refractivity contribution in [3.8, 4) is 5.75 Å². The van der Waals surface area contributed by atoms with Gasteiger partial charge in [-0.2, -0.15) is 0 Å². The van der Waals surface area contributed by atoms with Crippen molar-refractivity contribution in [3.05, 3.63) is 29.8 Å². The fraction of sp³-hybridized carbons (Fsp3) is 0.588. The SMILES string of the molecule is CCOC1(C(=O)c2ccc(OC)cc2)CCCC(C)C1. The molecule has 0 spiro atoms. The number of carbonyl (C=O) groups excluding carboxylic acids is 1. The second-order valence-electron chi connectivity index (χ2n) is 5.69. The zero-order chi connectivity index (χ0) is 14.6. The molecule has 3 heteroatoms. The van der Waals surface area contributed by atoms with Gasteiger partial charge in [-0.3, -0.25) is 4.79 Å². The number of carbonyl (C=O) groups is 1. The van der Waals surface area contributed by atoms with Crippen LogP contribution in [0.1, 0.15) is 49.9 Å². The molecule has 1 aliphatic rings. The van der Waals surface area contributed by atoms with Crippen LogP contribution in [0, 0.1) is 5.92 Å². The van der Waals surface area contributed by atoms with E-state index in [1.54, 1.807) is 7.11 Å². The minimum absolute atomic E-state index is 0.119. The summed E-state index contributed by atoms with van der Waals surface area (Å²) >= 11 is 0. The molecule has 0 N–H and O–H groups in total. The van der Waals surface area contributed by atoms with Gasteiger partial charge in [0.05, 0.1) is 7.11 Å². The van der Waals surface area contributed by atoms with Crippen LogP contribution in [-0.4, -0.2) is 25.1 Å². The van der Waals surface area contributed by atoms with Crippen molar-refractivity contribution < 1.29 is 14.3 Å². The summed E-state index contributed by atoms with van der Waals surface area (Å²) in [6.45, 7) is 4.74. The quantitative estimate of drug-likeness (QED) is 0.766. The molecule has 1 aromatic carbocycles.